The summed E-state index contributed by atoms with van der Waals surface area (Å²) in [7, 11) is 0. The van der Waals surface area contributed by atoms with Crippen LogP contribution in [0.5, 0.6) is 0 Å². The van der Waals surface area contributed by atoms with Crippen LogP contribution in [0.3, 0.4) is 0 Å². The minimum absolute atomic E-state index is 0. The molecule has 108 valence electrons. The molecule has 1 aromatic heterocycles. The summed E-state index contributed by atoms with van der Waals surface area (Å²) in [6.07, 6.45) is 3.23. The molecule has 1 aliphatic carbocycles. The molecule has 2 aromatic rings. The Morgan fingerprint density at radius 3 is 2.75 bits per heavy atom. The lowest BCUT2D eigenvalue weighted by Gasteiger charge is -2.15. The number of nitrogens with two attached hydrogens (primary N) is 1. The second-order valence-corrected chi connectivity index (χ2v) is 5.28. The Balaban J connectivity index is 0.00000147. The lowest BCUT2D eigenvalue weighted by Crippen LogP contribution is -2.24. The lowest BCUT2D eigenvalue weighted by atomic mass is 10.0. The fourth-order valence-corrected chi connectivity index (χ4v) is 2.32. The molecule has 3 rings (SSSR count). The Morgan fingerprint density at radius 2 is 2.15 bits per heavy atom. The van der Waals surface area contributed by atoms with Crippen molar-refractivity contribution in [2.45, 2.75) is 38.3 Å². The van der Waals surface area contributed by atoms with E-state index in [9.17, 15) is 0 Å². The van der Waals surface area contributed by atoms with Crippen LogP contribution in [0.1, 0.15) is 29.9 Å². The molecule has 20 heavy (non-hydrogen) atoms. The first-order valence-corrected chi connectivity index (χ1v) is 6.55. The van der Waals surface area contributed by atoms with E-state index >= 15 is 0 Å². The summed E-state index contributed by atoms with van der Waals surface area (Å²) in [6, 6.07) is 9.07. The van der Waals surface area contributed by atoms with Crippen LogP contribution >= 0.6 is 12.4 Å². The second-order valence-electron chi connectivity index (χ2n) is 5.28. The molecule has 6 heteroatoms. The minimum atomic E-state index is 0. The maximum absolute atomic E-state index is 5.46. The van der Waals surface area contributed by atoms with Crippen molar-refractivity contribution in [2.24, 2.45) is 5.73 Å². The van der Waals surface area contributed by atoms with Crippen molar-refractivity contribution in [2.75, 3.05) is 5.32 Å². The molecule has 1 aliphatic rings. The summed E-state index contributed by atoms with van der Waals surface area (Å²) < 4.78 is 5.41. The van der Waals surface area contributed by atoms with E-state index in [-0.39, 0.29) is 24.5 Å². The first-order valence-electron chi connectivity index (χ1n) is 6.55. The third kappa shape index (κ3) is 3.29. The molecule has 1 saturated carbocycles. The van der Waals surface area contributed by atoms with Crippen LogP contribution in [0.2, 0.25) is 0 Å². The molecule has 1 fully saturated rings. The van der Waals surface area contributed by atoms with Gasteiger partial charge in [-0.1, -0.05) is 34.9 Å². The zero-order valence-corrected chi connectivity index (χ0v) is 12.2. The van der Waals surface area contributed by atoms with Crippen molar-refractivity contribution in [3.63, 3.8) is 0 Å². The predicted octanol–water partition coefficient (Wildman–Crippen LogP) is 2.45. The van der Waals surface area contributed by atoms with Gasteiger partial charge in [-0.05, 0) is 31.7 Å². The molecule has 0 amide bonds. The quantitative estimate of drug-likeness (QED) is 0.886. The van der Waals surface area contributed by atoms with E-state index in [1.54, 1.807) is 0 Å². The highest BCUT2D eigenvalue weighted by Crippen LogP contribution is 2.41. The molecule has 0 spiro atoms. The number of anilines is 1. The SMILES string of the molecule is Cc1cccc(CC2(Nc3nnc(CN)o3)CC2)c1.Cl. The number of aryl methyl sites for hydroxylation is 1. The van der Waals surface area contributed by atoms with E-state index < -0.39 is 0 Å². The maximum Gasteiger partial charge on any atom is 0.315 e. The third-order valence-electron chi connectivity index (χ3n) is 3.49. The van der Waals surface area contributed by atoms with Gasteiger partial charge in [0.25, 0.3) is 0 Å². The Labute approximate surface area is 124 Å². The van der Waals surface area contributed by atoms with Crippen LogP contribution in [0.25, 0.3) is 0 Å². The van der Waals surface area contributed by atoms with Gasteiger partial charge in [0.15, 0.2) is 0 Å². The van der Waals surface area contributed by atoms with Crippen molar-refractivity contribution in [3.05, 3.63) is 41.3 Å². The highest BCUT2D eigenvalue weighted by molar-refractivity contribution is 5.85. The molecule has 5 nitrogen and oxygen atoms in total. The normalized spacial score (nSPS) is 15.5. The molecule has 0 bridgehead atoms. The predicted molar refractivity (Wildman–Crippen MR) is 79.9 cm³/mol. The van der Waals surface area contributed by atoms with Gasteiger partial charge in [0.2, 0.25) is 5.89 Å². The average molecular weight is 295 g/mol. The van der Waals surface area contributed by atoms with Gasteiger partial charge < -0.3 is 15.5 Å². The summed E-state index contributed by atoms with van der Waals surface area (Å²) in [5.41, 5.74) is 8.16. The summed E-state index contributed by atoms with van der Waals surface area (Å²) in [5, 5.41) is 11.2. The van der Waals surface area contributed by atoms with Crippen LogP contribution in [-0.4, -0.2) is 15.7 Å². The van der Waals surface area contributed by atoms with E-state index in [1.807, 2.05) is 0 Å². The van der Waals surface area contributed by atoms with Crippen molar-refractivity contribution in [1.82, 2.24) is 10.2 Å². The van der Waals surface area contributed by atoms with Crippen LogP contribution in [-0.2, 0) is 13.0 Å². The van der Waals surface area contributed by atoms with Gasteiger partial charge in [-0.25, -0.2) is 0 Å². The van der Waals surface area contributed by atoms with Gasteiger partial charge in [-0.15, -0.1) is 17.5 Å². The monoisotopic (exact) mass is 294 g/mol. The van der Waals surface area contributed by atoms with Gasteiger partial charge in [-0.3, -0.25) is 0 Å². The van der Waals surface area contributed by atoms with E-state index in [0.717, 1.165) is 19.3 Å². The van der Waals surface area contributed by atoms with Crippen LogP contribution in [0.15, 0.2) is 28.7 Å². The zero-order valence-electron chi connectivity index (χ0n) is 11.4. The molecule has 3 N–H and O–H groups in total. The molecule has 0 atom stereocenters. The summed E-state index contributed by atoms with van der Waals surface area (Å²) in [5.74, 6) is 0.467. The smallest absolute Gasteiger partial charge is 0.315 e. The number of hydrogen-bond acceptors (Lipinski definition) is 5. The zero-order chi connectivity index (χ0) is 13.3. The van der Waals surface area contributed by atoms with Crippen molar-refractivity contribution >= 4 is 18.4 Å². The van der Waals surface area contributed by atoms with Gasteiger partial charge in [0.1, 0.15) is 0 Å². The third-order valence-corrected chi connectivity index (χ3v) is 3.49. The minimum Gasteiger partial charge on any atom is -0.407 e. The maximum atomic E-state index is 5.46. The molecule has 0 radical (unpaired) electrons. The molecule has 0 unspecified atom stereocenters. The van der Waals surface area contributed by atoms with E-state index in [2.05, 4.69) is 46.7 Å². The standard InChI is InChI=1S/C14H18N4O.ClH/c1-10-3-2-4-11(7-10)8-14(5-6-14)16-13-18-17-12(9-15)19-13;/h2-4,7H,5-6,8-9,15H2,1H3,(H,16,18);1H. The van der Waals surface area contributed by atoms with Gasteiger partial charge >= 0.3 is 6.01 Å². The Kier molecular flexibility index (Phi) is 4.30. The Morgan fingerprint density at radius 1 is 1.35 bits per heavy atom. The van der Waals surface area contributed by atoms with Gasteiger partial charge in [0, 0.05) is 5.54 Å². The number of hydrogen-bond donors (Lipinski definition) is 2. The lowest BCUT2D eigenvalue weighted by molar-refractivity contribution is 0.498. The largest absolute Gasteiger partial charge is 0.407 e. The topological polar surface area (TPSA) is 77.0 Å². The molecule has 0 saturated heterocycles. The summed E-state index contributed by atoms with van der Waals surface area (Å²) in [4.78, 5) is 0. The molecular weight excluding hydrogens is 276 g/mol. The fraction of sp³-hybridized carbons (Fsp3) is 0.429. The molecule has 0 aliphatic heterocycles. The number of nitrogens with zero attached hydrogens (tertiary/aromatic N) is 2. The highest BCUT2D eigenvalue weighted by atomic mass is 35.5. The van der Waals surface area contributed by atoms with E-state index in [0.29, 0.717) is 11.9 Å². The van der Waals surface area contributed by atoms with E-state index in [1.165, 1.54) is 11.1 Å². The van der Waals surface area contributed by atoms with Crippen molar-refractivity contribution < 1.29 is 4.42 Å². The van der Waals surface area contributed by atoms with Crippen LogP contribution in [0.4, 0.5) is 6.01 Å². The fourth-order valence-electron chi connectivity index (χ4n) is 2.32. The summed E-state index contributed by atoms with van der Waals surface area (Å²) >= 11 is 0. The number of halogens is 1. The number of aromatic nitrogens is 2. The van der Waals surface area contributed by atoms with Crippen LogP contribution < -0.4 is 11.1 Å². The molecule has 1 aromatic carbocycles. The number of nitrogens with one attached hydrogen (secondary N) is 1. The average Bonchev–Trinajstić information content (AvgIpc) is 2.98. The number of benzene rings is 1. The van der Waals surface area contributed by atoms with Crippen molar-refractivity contribution in [3.8, 4) is 0 Å². The molecule has 1 heterocycles. The highest BCUT2D eigenvalue weighted by Gasteiger charge is 2.43. The molecular formula is C14H19ClN4O. The first kappa shape index (κ1) is 14.8. The number of rotatable bonds is 5. The van der Waals surface area contributed by atoms with Crippen LogP contribution in [0, 0.1) is 6.92 Å². The first-order chi connectivity index (χ1) is 9.19. The Bertz CT molecular complexity index is 580. The van der Waals surface area contributed by atoms with E-state index in [4.69, 9.17) is 10.2 Å². The van der Waals surface area contributed by atoms with Crippen molar-refractivity contribution in [1.29, 1.82) is 0 Å². The Hall–Kier alpha value is -1.59. The van der Waals surface area contributed by atoms with Gasteiger partial charge in [-0.2, -0.15) is 0 Å². The second kappa shape index (κ2) is 5.81. The summed E-state index contributed by atoms with van der Waals surface area (Å²) in [6.45, 7) is 2.39. The van der Waals surface area contributed by atoms with Gasteiger partial charge in [0.05, 0.1) is 6.54 Å².